The summed E-state index contributed by atoms with van der Waals surface area (Å²) in [6, 6.07) is 71.0. The van der Waals surface area contributed by atoms with Crippen molar-refractivity contribution < 1.29 is 4.42 Å². The molecule has 1 aliphatic heterocycles. The quantitative estimate of drug-likeness (QED) is 0.174. The fourth-order valence-electron chi connectivity index (χ4n) is 8.46. The van der Waals surface area contributed by atoms with E-state index in [9.17, 15) is 0 Å². The van der Waals surface area contributed by atoms with Crippen LogP contribution in [0.2, 0.25) is 0 Å². The van der Waals surface area contributed by atoms with E-state index in [-0.39, 0.29) is 6.17 Å². The van der Waals surface area contributed by atoms with E-state index < -0.39 is 0 Å². The number of hydrogen-bond donors (Lipinski definition) is 1. The van der Waals surface area contributed by atoms with E-state index in [4.69, 9.17) is 9.41 Å². The van der Waals surface area contributed by atoms with Crippen LogP contribution in [0.3, 0.4) is 0 Å². The molecule has 1 unspecified atom stereocenters. The standard InChI is InChI=1S/C52H35N3O/c1-3-15-34(16-4-1)35-27-29-38(30-28-35)55(47-31-37-19-7-8-20-40(37)41-21-9-10-22-42(41)47)39-32-45(50-44-24-12-14-26-48(44)56-49(50)33-39)52-53-46-25-13-11-23-43(46)51(54-52)36-17-5-2-6-18-36/h1-33,52-53H. The number of benzene rings is 9. The Morgan fingerprint density at radius 1 is 0.464 bits per heavy atom. The van der Waals surface area contributed by atoms with Crippen molar-refractivity contribution in [3.63, 3.8) is 0 Å². The van der Waals surface area contributed by atoms with E-state index in [1.165, 1.54) is 32.7 Å². The van der Waals surface area contributed by atoms with Crippen LogP contribution in [-0.4, -0.2) is 5.71 Å². The van der Waals surface area contributed by atoms with Crippen molar-refractivity contribution in [2.45, 2.75) is 6.17 Å². The summed E-state index contributed by atoms with van der Waals surface area (Å²) in [5.74, 6) is 0. The lowest BCUT2D eigenvalue weighted by Gasteiger charge is -2.30. The van der Waals surface area contributed by atoms with Gasteiger partial charge in [0.05, 0.1) is 17.1 Å². The predicted octanol–water partition coefficient (Wildman–Crippen LogP) is 14.0. The van der Waals surface area contributed by atoms with E-state index in [1.54, 1.807) is 0 Å². The zero-order chi connectivity index (χ0) is 37.0. The van der Waals surface area contributed by atoms with Gasteiger partial charge in [0.2, 0.25) is 0 Å². The lowest BCUT2D eigenvalue weighted by atomic mass is 9.95. The number of para-hydroxylation sites is 2. The number of aliphatic imine (C=N–C) groups is 1. The molecule has 0 saturated heterocycles. The third-order valence-corrected chi connectivity index (χ3v) is 11.0. The second-order valence-electron chi connectivity index (χ2n) is 14.4. The van der Waals surface area contributed by atoms with Gasteiger partial charge in [-0.25, -0.2) is 0 Å². The van der Waals surface area contributed by atoms with Crippen molar-refractivity contribution in [3.05, 3.63) is 217 Å². The molecular formula is C52H35N3O. The smallest absolute Gasteiger partial charge is 0.146 e. The topological polar surface area (TPSA) is 40.8 Å². The van der Waals surface area contributed by atoms with E-state index in [2.05, 4.69) is 204 Å². The summed E-state index contributed by atoms with van der Waals surface area (Å²) in [6.07, 6.45) is -0.390. The highest BCUT2D eigenvalue weighted by atomic mass is 16.3. The molecule has 0 spiro atoms. The van der Waals surface area contributed by atoms with Gasteiger partial charge in [-0.3, -0.25) is 4.99 Å². The molecule has 10 aromatic rings. The van der Waals surface area contributed by atoms with Crippen LogP contribution in [0.15, 0.2) is 210 Å². The first-order valence-corrected chi connectivity index (χ1v) is 19.1. The summed E-state index contributed by atoms with van der Waals surface area (Å²) < 4.78 is 6.76. The summed E-state index contributed by atoms with van der Waals surface area (Å²) in [5.41, 5.74) is 12.3. The lowest BCUT2D eigenvalue weighted by Crippen LogP contribution is -2.21. The van der Waals surface area contributed by atoms with Crippen molar-refractivity contribution in [2.75, 3.05) is 10.2 Å². The summed E-state index contributed by atoms with van der Waals surface area (Å²) in [6.45, 7) is 0. The van der Waals surface area contributed by atoms with Crippen LogP contribution in [0.5, 0.6) is 0 Å². The predicted molar refractivity (Wildman–Crippen MR) is 234 cm³/mol. The first-order valence-electron chi connectivity index (χ1n) is 19.1. The van der Waals surface area contributed by atoms with Crippen LogP contribution in [0, 0.1) is 0 Å². The van der Waals surface area contributed by atoms with Crippen molar-refractivity contribution in [3.8, 4) is 11.1 Å². The van der Waals surface area contributed by atoms with Crippen LogP contribution in [0.25, 0.3) is 54.6 Å². The molecule has 1 atom stereocenters. The van der Waals surface area contributed by atoms with Crippen LogP contribution in [-0.2, 0) is 0 Å². The molecule has 0 aliphatic carbocycles. The van der Waals surface area contributed by atoms with E-state index >= 15 is 0 Å². The molecule has 0 amide bonds. The van der Waals surface area contributed by atoms with Crippen LogP contribution >= 0.6 is 0 Å². The SMILES string of the molecule is c1ccc(C2=NC(c3cc(N(c4ccc(-c5ccccc5)cc4)c4cc5ccccc5c5ccccc45)cc4oc5ccccc5c34)Nc3ccccc32)cc1. The third-order valence-electron chi connectivity index (χ3n) is 11.0. The van der Waals surface area contributed by atoms with Crippen LogP contribution in [0.1, 0.15) is 22.9 Å². The number of fused-ring (bicyclic) bond motifs is 7. The van der Waals surface area contributed by atoms with Gasteiger partial charge < -0.3 is 14.6 Å². The Bertz CT molecular complexity index is 3110. The molecule has 1 N–H and O–H groups in total. The Morgan fingerprint density at radius 3 is 1.89 bits per heavy atom. The van der Waals surface area contributed by atoms with Crippen molar-refractivity contribution >= 4 is 71.9 Å². The fraction of sp³-hybridized carbons (Fsp3) is 0.0192. The lowest BCUT2D eigenvalue weighted by molar-refractivity contribution is 0.668. The molecule has 0 saturated carbocycles. The number of nitrogens with zero attached hydrogens (tertiary/aromatic N) is 2. The average molecular weight is 718 g/mol. The van der Waals surface area contributed by atoms with Crippen molar-refractivity contribution in [1.82, 2.24) is 0 Å². The number of nitrogens with one attached hydrogen (secondary N) is 1. The summed E-state index contributed by atoms with van der Waals surface area (Å²) in [5, 5.41) is 10.7. The van der Waals surface area contributed by atoms with Gasteiger partial charge in [0.25, 0.3) is 0 Å². The zero-order valence-electron chi connectivity index (χ0n) is 30.4. The maximum atomic E-state index is 6.76. The van der Waals surface area contributed by atoms with E-state index in [0.717, 1.165) is 67.1 Å². The van der Waals surface area contributed by atoms with Gasteiger partial charge in [0.15, 0.2) is 0 Å². The minimum absolute atomic E-state index is 0.390. The molecule has 56 heavy (non-hydrogen) atoms. The Morgan fingerprint density at radius 2 is 1.09 bits per heavy atom. The van der Waals surface area contributed by atoms with Gasteiger partial charge in [0.1, 0.15) is 17.3 Å². The van der Waals surface area contributed by atoms with Gasteiger partial charge in [-0.1, -0.05) is 158 Å². The molecule has 0 fully saturated rings. The van der Waals surface area contributed by atoms with Gasteiger partial charge in [0, 0.05) is 50.3 Å². The molecule has 2 heterocycles. The first-order chi connectivity index (χ1) is 27.8. The maximum absolute atomic E-state index is 6.76. The highest BCUT2D eigenvalue weighted by Crippen LogP contribution is 2.47. The first kappa shape index (κ1) is 32.0. The molecule has 264 valence electrons. The second kappa shape index (κ2) is 13.2. The summed E-state index contributed by atoms with van der Waals surface area (Å²) >= 11 is 0. The van der Waals surface area contributed by atoms with Gasteiger partial charge >= 0.3 is 0 Å². The molecule has 4 heteroatoms. The van der Waals surface area contributed by atoms with Gasteiger partial charge in [-0.2, -0.15) is 0 Å². The summed E-state index contributed by atoms with van der Waals surface area (Å²) in [4.78, 5) is 7.91. The van der Waals surface area contributed by atoms with E-state index in [0.29, 0.717) is 0 Å². The maximum Gasteiger partial charge on any atom is 0.146 e. The molecule has 0 bridgehead atoms. The Labute approximate surface area is 324 Å². The monoisotopic (exact) mass is 717 g/mol. The minimum atomic E-state index is -0.390. The van der Waals surface area contributed by atoms with E-state index in [1.807, 2.05) is 6.07 Å². The minimum Gasteiger partial charge on any atom is -0.456 e. The molecule has 9 aromatic carbocycles. The normalized spacial score (nSPS) is 13.8. The number of hydrogen-bond acceptors (Lipinski definition) is 4. The van der Waals surface area contributed by atoms with Crippen LogP contribution in [0.4, 0.5) is 22.7 Å². The molecular weight excluding hydrogens is 683 g/mol. The Kier molecular flexibility index (Phi) is 7.52. The summed E-state index contributed by atoms with van der Waals surface area (Å²) in [7, 11) is 0. The Balaban J connectivity index is 1.19. The molecule has 1 aromatic heterocycles. The number of anilines is 4. The Hall–Kier alpha value is -7.43. The largest absolute Gasteiger partial charge is 0.456 e. The highest BCUT2D eigenvalue weighted by molar-refractivity contribution is 6.18. The van der Waals surface area contributed by atoms with Gasteiger partial charge in [-0.15, -0.1) is 0 Å². The van der Waals surface area contributed by atoms with Crippen molar-refractivity contribution in [2.24, 2.45) is 4.99 Å². The third kappa shape index (κ3) is 5.34. The van der Waals surface area contributed by atoms with Gasteiger partial charge in [-0.05, 0) is 63.7 Å². The average Bonchev–Trinajstić information content (AvgIpc) is 3.65. The second-order valence-corrected chi connectivity index (χ2v) is 14.4. The zero-order valence-corrected chi connectivity index (χ0v) is 30.4. The van der Waals surface area contributed by atoms with Crippen molar-refractivity contribution in [1.29, 1.82) is 0 Å². The molecule has 1 aliphatic rings. The fourth-order valence-corrected chi connectivity index (χ4v) is 8.46. The number of furan rings is 1. The highest BCUT2D eigenvalue weighted by Gasteiger charge is 2.28. The van der Waals surface area contributed by atoms with Crippen LogP contribution < -0.4 is 10.2 Å². The molecule has 0 radical (unpaired) electrons. The number of rotatable bonds is 6. The molecule has 4 nitrogen and oxygen atoms in total. The molecule has 11 rings (SSSR count).